The van der Waals surface area contributed by atoms with E-state index >= 15 is 0 Å². The predicted molar refractivity (Wildman–Crippen MR) is 74.4 cm³/mol. The number of aromatic nitrogens is 1. The number of halogens is 2. The van der Waals surface area contributed by atoms with Gasteiger partial charge in [-0.3, -0.25) is 0 Å². The second-order valence-electron chi connectivity index (χ2n) is 3.87. The number of hydrogen-bond acceptors (Lipinski definition) is 3. The summed E-state index contributed by atoms with van der Waals surface area (Å²) in [7, 11) is 0. The predicted octanol–water partition coefficient (Wildman–Crippen LogP) is 4.34. The fourth-order valence-electron chi connectivity index (χ4n) is 1.68. The molecule has 0 amide bonds. The lowest BCUT2D eigenvalue weighted by Crippen LogP contribution is -1.86. The summed E-state index contributed by atoms with van der Waals surface area (Å²) in [5, 5.41) is 1.30. The quantitative estimate of drug-likeness (QED) is 0.673. The summed E-state index contributed by atoms with van der Waals surface area (Å²) in [5.74, 6) is -0.283. The van der Waals surface area contributed by atoms with E-state index in [9.17, 15) is 4.39 Å². The van der Waals surface area contributed by atoms with E-state index < -0.39 is 0 Å². The Balaban J connectivity index is 2.16. The van der Waals surface area contributed by atoms with Crippen LogP contribution in [0.2, 0.25) is 5.02 Å². The Labute approximate surface area is 112 Å². The minimum Gasteiger partial charge on any atom is -0.398 e. The van der Waals surface area contributed by atoms with Crippen LogP contribution < -0.4 is 5.73 Å². The Morgan fingerprint density at radius 2 is 2.00 bits per heavy atom. The normalized spacial score (nSPS) is 11.0. The van der Waals surface area contributed by atoms with Crippen LogP contribution in [-0.4, -0.2) is 4.98 Å². The van der Waals surface area contributed by atoms with Gasteiger partial charge < -0.3 is 5.73 Å². The first-order chi connectivity index (χ1) is 8.63. The molecule has 0 saturated heterocycles. The molecule has 18 heavy (non-hydrogen) atoms. The number of anilines is 1. The van der Waals surface area contributed by atoms with E-state index in [4.69, 9.17) is 17.3 Å². The highest BCUT2D eigenvalue weighted by molar-refractivity contribution is 7.21. The number of rotatable bonds is 1. The second kappa shape index (κ2) is 4.23. The zero-order chi connectivity index (χ0) is 12.7. The monoisotopic (exact) mass is 278 g/mol. The van der Waals surface area contributed by atoms with E-state index in [1.165, 1.54) is 23.5 Å². The maximum atomic E-state index is 13.1. The van der Waals surface area contributed by atoms with Crippen LogP contribution in [0, 0.1) is 5.82 Å². The van der Waals surface area contributed by atoms with Crippen LogP contribution in [-0.2, 0) is 0 Å². The molecule has 2 nitrogen and oxygen atoms in total. The van der Waals surface area contributed by atoms with Gasteiger partial charge in [0.15, 0.2) is 0 Å². The van der Waals surface area contributed by atoms with Gasteiger partial charge in [0.25, 0.3) is 0 Å². The smallest absolute Gasteiger partial charge is 0.125 e. The molecule has 0 unspecified atom stereocenters. The van der Waals surface area contributed by atoms with Crippen LogP contribution in [0.25, 0.3) is 20.8 Å². The molecule has 0 saturated carbocycles. The molecule has 0 bridgehead atoms. The van der Waals surface area contributed by atoms with Crippen molar-refractivity contribution >= 4 is 38.8 Å². The van der Waals surface area contributed by atoms with Gasteiger partial charge in [0.2, 0.25) is 0 Å². The minimum absolute atomic E-state index is 0.283. The maximum absolute atomic E-state index is 13.1. The van der Waals surface area contributed by atoms with E-state index in [0.29, 0.717) is 16.2 Å². The van der Waals surface area contributed by atoms with Crippen molar-refractivity contribution in [1.82, 2.24) is 4.98 Å². The molecule has 0 aliphatic heterocycles. The SMILES string of the molecule is Nc1ccc(-c2nc3cc(F)ccc3s2)cc1Cl. The van der Waals surface area contributed by atoms with E-state index in [1.54, 1.807) is 18.2 Å². The first-order valence-corrected chi connectivity index (χ1v) is 6.44. The van der Waals surface area contributed by atoms with Crippen molar-refractivity contribution in [2.75, 3.05) is 5.73 Å². The highest BCUT2D eigenvalue weighted by Gasteiger charge is 2.08. The van der Waals surface area contributed by atoms with Gasteiger partial charge in [-0.2, -0.15) is 0 Å². The second-order valence-corrected chi connectivity index (χ2v) is 5.31. The summed E-state index contributed by atoms with van der Waals surface area (Å²) in [6.07, 6.45) is 0. The summed E-state index contributed by atoms with van der Waals surface area (Å²) in [4.78, 5) is 4.39. The number of fused-ring (bicyclic) bond motifs is 1. The standard InChI is InChI=1S/C13H8ClFN2S/c14-9-5-7(1-3-10(9)16)13-17-11-6-8(15)2-4-12(11)18-13/h1-6H,16H2. The molecule has 0 radical (unpaired) electrons. The lowest BCUT2D eigenvalue weighted by Gasteiger charge is -1.99. The molecule has 1 heterocycles. The molecule has 0 atom stereocenters. The molecule has 1 aromatic heterocycles. The topological polar surface area (TPSA) is 38.9 Å². The molecule has 5 heteroatoms. The van der Waals surface area contributed by atoms with Crippen molar-refractivity contribution in [2.45, 2.75) is 0 Å². The van der Waals surface area contributed by atoms with Gasteiger partial charge in [0.1, 0.15) is 10.8 Å². The van der Waals surface area contributed by atoms with Gasteiger partial charge in [0, 0.05) is 11.6 Å². The number of nitrogen functional groups attached to an aromatic ring is 1. The van der Waals surface area contributed by atoms with Gasteiger partial charge in [-0.25, -0.2) is 9.37 Å². The van der Waals surface area contributed by atoms with Gasteiger partial charge in [-0.15, -0.1) is 11.3 Å². The van der Waals surface area contributed by atoms with Crippen LogP contribution in [0.4, 0.5) is 10.1 Å². The summed E-state index contributed by atoms with van der Waals surface area (Å²) in [6, 6.07) is 9.95. The van der Waals surface area contributed by atoms with E-state index in [0.717, 1.165) is 15.3 Å². The molecular formula is C13H8ClFN2S. The Hall–Kier alpha value is -1.65. The van der Waals surface area contributed by atoms with Crippen molar-refractivity contribution in [3.05, 3.63) is 47.2 Å². The van der Waals surface area contributed by atoms with Crippen molar-refractivity contribution in [1.29, 1.82) is 0 Å². The van der Waals surface area contributed by atoms with Crippen LogP contribution in [0.3, 0.4) is 0 Å². The van der Waals surface area contributed by atoms with E-state index in [1.807, 2.05) is 6.07 Å². The molecule has 0 spiro atoms. The average molecular weight is 279 g/mol. The van der Waals surface area contributed by atoms with Gasteiger partial charge in [-0.05, 0) is 30.3 Å². The molecule has 3 rings (SSSR count). The summed E-state index contributed by atoms with van der Waals surface area (Å²) in [5.41, 5.74) is 7.74. The van der Waals surface area contributed by atoms with Gasteiger partial charge >= 0.3 is 0 Å². The third-order valence-electron chi connectivity index (χ3n) is 2.60. The lowest BCUT2D eigenvalue weighted by atomic mass is 10.2. The number of nitrogens with zero attached hydrogens (tertiary/aromatic N) is 1. The van der Waals surface area contributed by atoms with Gasteiger partial charge in [0.05, 0.1) is 20.9 Å². The third-order valence-corrected chi connectivity index (χ3v) is 4.01. The average Bonchev–Trinajstić information content (AvgIpc) is 2.75. The fraction of sp³-hybridized carbons (Fsp3) is 0. The number of thiazole rings is 1. The molecule has 3 aromatic rings. The van der Waals surface area contributed by atoms with Crippen LogP contribution >= 0.6 is 22.9 Å². The van der Waals surface area contributed by atoms with Gasteiger partial charge in [-0.1, -0.05) is 11.6 Å². The zero-order valence-corrected chi connectivity index (χ0v) is 10.7. The molecule has 2 N–H and O–H groups in total. The Morgan fingerprint density at radius 3 is 2.78 bits per heavy atom. The Kier molecular flexibility index (Phi) is 2.69. The van der Waals surface area contributed by atoms with Crippen LogP contribution in [0.15, 0.2) is 36.4 Å². The molecule has 90 valence electrons. The zero-order valence-electron chi connectivity index (χ0n) is 9.15. The molecule has 0 fully saturated rings. The number of nitrogens with two attached hydrogens (primary N) is 1. The first kappa shape index (κ1) is 11.4. The highest BCUT2D eigenvalue weighted by Crippen LogP contribution is 2.33. The summed E-state index contributed by atoms with van der Waals surface area (Å²) < 4.78 is 14.0. The van der Waals surface area contributed by atoms with Crippen molar-refractivity contribution < 1.29 is 4.39 Å². The summed E-state index contributed by atoms with van der Waals surface area (Å²) in [6.45, 7) is 0. The maximum Gasteiger partial charge on any atom is 0.125 e. The van der Waals surface area contributed by atoms with E-state index in [2.05, 4.69) is 4.98 Å². The van der Waals surface area contributed by atoms with Crippen molar-refractivity contribution in [2.24, 2.45) is 0 Å². The lowest BCUT2D eigenvalue weighted by molar-refractivity contribution is 0.629. The van der Waals surface area contributed by atoms with Crippen molar-refractivity contribution in [3.63, 3.8) is 0 Å². The minimum atomic E-state index is -0.283. The molecular weight excluding hydrogens is 271 g/mol. The number of benzene rings is 2. The highest BCUT2D eigenvalue weighted by atomic mass is 35.5. The fourth-order valence-corrected chi connectivity index (χ4v) is 2.81. The Bertz CT molecular complexity index is 739. The van der Waals surface area contributed by atoms with E-state index in [-0.39, 0.29) is 5.82 Å². The summed E-state index contributed by atoms with van der Waals surface area (Å²) >= 11 is 7.48. The molecule has 2 aromatic carbocycles. The first-order valence-electron chi connectivity index (χ1n) is 5.25. The number of hydrogen-bond donors (Lipinski definition) is 1. The molecule has 0 aliphatic rings. The largest absolute Gasteiger partial charge is 0.398 e. The van der Waals surface area contributed by atoms with Crippen molar-refractivity contribution in [3.8, 4) is 10.6 Å². The van der Waals surface area contributed by atoms with Crippen LogP contribution in [0.1, 0.15) is 0 Å². The third kappa shape index (κ3) is 1.94. The molecule has 0 aliphatic carbocycles. The van der Waals surface area contributed by atoms with Crippen LogP contribution in [0.5, 0.6) is 0 Å². The Morgan fingerprint density at radius 1 is 1.17 bits per heavy atom.